The predicted octanol–water partition coefficient (Wildman–Crippen LogP) is 2.82. The Hall–Kier alpha value is 0.270. The molecule has 0 aromatic carbocycles. The highest BCUT2D eigenvalue weighted by Gasteiger charge is 2.33. The fourth-order valence-electron chi connectivity index (χ4n) is 2.43. The van der Waals surface area contributed by atoms with Gasteiger partial charge in [0.1, 0.15) is 0 Å². The number of hydrogen-bond acceptors (Lipinski definition) is 3. The van der Waals surface area contributed by atoms with Crippen molar-refractivity contribution in [2.75, 3.05) is 12.3 Å². The normalized spacial score (nSPS) is 35.1. The standard InChI is InChI=1S/C13H25NOS/c1-13(2,3)15-11-7-10(8-11)14-9-12-5-4-6-16-12/h10-12,14H,4-9H2,1-3H3. The van der Waals surface area contributed by atoms with E-state index in [4.69, 9.17) is 4.74 Å². The third kappa shape index (κ3) is 3.94. The van der Waals surface area contributed by atoms with Crippen LogP contribution in [-0.4, -0.2) is 35.3 Å². The molecule has 1 aliphatic heterocycles. The van der Waals surface area contributed by atoms with Crippen LogP contribution in [0.3, 0.4) is 0 Å². The summed E-state index contributed by atoms with van der Waals surface area (Å²) in [6.45, 7) is 7.63. The van der Waals surface area contributed by atoms with Crippen LogP contribution in [0.1, 0.15) is 46.5 Å². The first-order valence-electron chi connectivity index (χ1n) is 6.56. The monoisotopic (exact) mass is 243 g/mol. The maximum absolute atomic E-state index is 5.93. The molecule has 0 radical (unpaired) electrons. The average Bonchev–Trinajstić information content (AvgIpc) is 2.59. The molecule has 0 aromatic heterocycles. The second-order valence-electron chi connectivity index (χ2n) is 6.06. The topological polar surface area (TPSA) is 21.3 Å². The predicted molar refractivity (Wildman–Crippen MR) is 71.1 cm³/mol. The Bertz CT molecular complexity index is 214. The molecule has 2 rings (SSSR count). The van der Waals surface area contributed by atoms with Crippen molar-refractivity contribution in [2.24, 2.45) is 0 Å². The Morgan fingerprint density at radius 3 is 2.62 bits per heavy atom. The number of ether oxygens (including phenoxy) is 1. The van der Waals surface area contributed by atoms with Crippen molar-refractivity contribution < 1.29 is 4.74 Å². The van der Waals surface area contributed by atoms with Gasteiger partial charge in [0.25, 0.3) is 0 Å². The Morgan fingerprint density at radius 1 is 1.31 bits per heavy atom. The zero-order valence-corrected chi connectivity index (χ0v) is 11.6. The summed E-state index contributed by atoms with van der Waals surface area (Å²) in [7, 11) is 0. The zero-order valence-electron chi connectivity index (χ0n) is 10.8. The van der Waals surface area contributed by atoms with Crippen molar-refractivity contribution in [3.05, 3.63) is 0 Å². The van der Waals surface area contributed by atoms with Gasteiger partial charge in [0.2, 0.25) is 0 Å². The van der Waals surface area contributed by atoms with Gasteiger partial charge in [-0.3, -0.25) is 0 Å². The van der Waals surface area contributed by atoms with Crippen LogP contribution < -0.4 is 5.32 Å². The van der Waals surface area contributed by atoms with Crippen molar-refractivity contribution in [1.29, 1.82) is 0 Å². The van der Waals surface area contributed by atoms with E-state index < -0.39 is 0 Å². The van der Waals surface area contributed by atoms with E-state index in [1.165, 1.54) is 38.0 Å². The smallest absolute Gasteiger partial charge is 0.0612 e. The van der Waals surface area contributed by atoms with Crippen LogP contribution in [0.2, 0.25) is 0 Å². The Balaban J connectivity index is 1.55. The number of hydrogen-bond donors (Lipinski definition) is 1. The summed E-state index contributed by atoms with van der Waals surface area (Å²) >= 11 is 2.14. The van der Waals surface area contributed by atoms with Gasteiger partial charge in [0, 0.05) is 17.8 Å². The molecule has 94 valence electrons. The zero-order chi connectivity index (χ0) is 11.6. The first-order chi connectivity index (χ1) is 7.53. The van der Waals surface area contributed by atoms with Gasteiger partial charge in [0.15, 0.2) is 0 Å². The van der Waals surface area contributed by atoms with Crippen molar-refractivity contribution in [3.63, 3.8) is 0 Å². The molecule has 3 heteroatoms. The molecule has 1 heterocycles. The Labute approximate surface area is 104 Å². The minimum absolute atomic E-state index is 0.0247. The fourth-order valence-corrected chi connectivity index (χ4v) is 3.65. The van der Waals surface area contributed by atoms with E-state index in [0.717, 1.165) is 5.25 Å². The van der Waals surface area contributed by atoms with Gasteiger partial charge in [-0.15, -0.1) is 0 Å². The molecule has 0 spiro atoms. The molecule has 1 saturated carbocycles. The van der Waals surface area contributed by atoms with Crippen LogP contribution in [0, 0.1) is 0 Å². The highest BCUT2D eigenvalue weighted by Crippen LogP contribution is 2.29. The molecule has 1 N–H and O–H groups in total. The van der Waals surface area contributed by atoms with Crippen molar-refractivity contribution >= 4 is 11.8 Å². The Morgan fingerprint density at radius 2 is 2.06 bits per heavy atom. The van der Waals surface area contributed by atoms with E-state index in [2.05, 4.69) is 37.8 Å². The lowest BCUT2D eigenvalue weighted by Crippen LogP contribution is -2.49. The summed E-state index contributed by atoms with van der Waals surface area (Å²) in [6, 6.07) is 0.716. The molecule has 1 saturated heterocycles. The molecule has 0 bridgehead atoms. The van der Waals surface area contributed by atoms with E-state index in [9.17, 15) is 0 Å². The largest absolute Gasteiger partial charge is 0.373 e. The highest BCUT2D eigenvalue weighted by molar-refractivity contribution is 8.00. The van der Waals surface area contributed by atoms with E-state index in [-0.39, 0.29) is 5.60 Å². The fraction of sp³-hybridized carbons (Fsp3) is 1.00. The lowest BCUT2D eigenvalue weighted by atomic mass is 9.88. The summed E-state index contributed by atoms with van der Waals surface area (Å²) in [4.78, 5) is 0. The van der Waals surface area contributed by atoms with Gasteiger partial charge in [-0.2, -0.15) is 11.8 Å². The van der Waals surface area contributed by atoms with Gasteiger partial charge in [-0.1, -0.05) is 0 Å². The van der Waals surface area contributed by atoms with Crippen molar-refractivity contribution in [3.8, 4) is 0 Å². The highest BCUT2D eigenvalue weighted by atomic mass is 32.2. The first-order valence-corrected chi connectivity index (χ1v) is 7.60. The average molecular weight is 243 g/mol. The molecular weight excluding hydrogens is 218 g/mol. The maximum atomic E-state index is 5.93. The molecule has 1 atom stereocenters. The summed E-state index contributed by atoms with van der Waals surface area (Å²) in [6.07, 6.45) is 5.72. The lowest BCUT2D eigenvalue weighted by Gasteiger charge is -2.40. The SMILES string of the molecule is CC(C)(C)OC1CC(NCC2CCCS2)C1. The molecule has 1 unspecified atom stereocenters. The quantitative estimate of drug-likeness (QED) is 0.820. The van der Waals surface area contributed by atoms with E-state index in [1.807, 2.05) is 0 Å². The molecule has 2 fully saturated rings. The summed E-state index contributed by atoms with van der Waals surface area (Å²) < 4.78 is 5.93. The van der Waals surface area contributed by atoms with Gasteiger partial charge in [0.05, 0.1) is 11.7 Å². The van der Waals surface area contributed by atoms with Crippen LogP contribution in [0.5, 0.6) is 0 Å². The van der Waals surface area contributed by atoms with Crippen molar-refractivity contribution in [2.45, 2.75) is 69.5 Å². The number of rotatable bonds is 4. The van der Waals surface area contributed by atoms with Gasteiger partial charge >= 0.3 is 0 Å². The molecule has 2 aliphatic rings. The van der Waals surface area contributed by atoms with Crippen LogP contribution >= 0.6 is 11.8 Å². The van der Waals surface area contributed by atoms with Crippen LogP contribution in [0.4, 0.5) is 0 Å². The number of thioether (sulfide) groups is 1. The molecule has 2 nitrogen and oxygen atoms in total. The molecular formula is C13H25NOS. The Kier molecular flexibility index (Phi) is 4.20. The van der Waals surface area contributed by atoms with Gasteiger partial charge in [-0.05, 0) is 52.2 Å². The minimum atomic E-state index is 0.0247. The third-order valence-electron chi connectivity index (χ3n) is 3.27. The summed E-state index contributed by atoms with van der Waals surface area (Å²) in [5.41, 5.74) is 0.0247. The lowest BCUT2D eigenvalue weighted by molar-refractivity contribution is -0.102. The molecule has 0 amide bonds. The number of nitrogens with one attached hydrogen (secondary N) is 1. The maximum Gasteiger partial charge on any atom is 0.0612 e. The van der Waals surface area contributed by atoms with Crippen molar-refractivity contribution in [1.82, 2.24) is 5.32 Å². The first kappa shape index (κ1) is 12.7. The van der Waals surface area contributed by atoms with E-state index in [1.54, 1.807) is 0 Å². The second kappa shape index (κ2) is 5.28. The van der Waals surface area contributed by atoms with Gasteiger partial charge < -0.3 is 10.1 Å². The van der Waals surface area contributed by atoms with Gasteiger partial charge in [-0.25, -0.2) is 0 Å². The summed E-state index contributed by atoms with van der Waals surface area (Å²) in [5, 5.41) is 4.55. The van der Waals surface area contributed by atoms with E-state index >= 15 is 0 Å². The molecule has 16 heavy (non-hydrogen) atoms. The minimum Gasteiger partial charge on any atom is -0.373 e. The molecule has 0 aromatic rings. The second-order valence-corrected chi connectivity index (χ2v) is 7.47. The summed E-state index contributed by atoms with van der Waals surface area (Å²) in [5.74, 6) is 1.37. The van der Waals surface area contributed by atoms with Crippen LogP contribution in [0.25, 0.3) is 0 Å². The molecule has 1 aliphatic carbocycles. The van der Waals surface area contributed by atoms with Crippen LogP contribution in [-0.2, 0) is 4.74 Å². The third-order valence-corrected chi connectivity index (χ3v) is 4.67. The van der Waals surface area contributed by atoms with E-state index in [0.29, 0.717) is 12.1 Å². The van der Waals surface area contributed by atoms with Crippen LogP contribution in [0.15, 0.2) is 0 Å².